The minimum Gasteiger partial charge on any atom is -0.315 e. The van der Waals surface area contributed by atoms with E-state index in [4.69, 9.17) is 0 Å². The van der Waals surface area contributed by atoms with E-state index in [1.807, 2.05) is 0 Å². The van der Waals surface area contributed by atoms with Crippen LogP contribution >= 0.6 is 0 Å². The van der Waals surface area contributed by atoms with E-state index in [2.05, 4.69) is 38.0 Å². The van der Waals surface area contributed by atoms with Gasteiger partial charge in [-0.1, -0.05) is 6.92 Å². The minimum atomic E-state index is 0.704. The van der Waals surface area contributed by atoms with Crippen LogP contribution in [0.5, 0.6) is 0 Å². The molecule has 1 rings (SSSR count). The van der Waals surface area contributed by atoms with Crippen LogP contribution < -0.4 is 5.32 Å². The molecule has 1 aliphatic heterocycles. The lowest BCUT2D eigenvalue weighted by Crippen LogP contribution is -2.34. The van der Waals surface area contributed by atoms with Crippen LogP contribution in [0.2, 0.25) is 0 Å². The molecular formula is C9H20N2. The summed E-state index contributed by atoms with van der Waals surface area (Å²) in [7, 11) is 2.06. The van der Waals surface area contributed by atoms with Crippen molar-refractivity contribution in [3.05, 3.63) is 0 Å². The Morgan fingerprint density at radius 1 is 1.36 bits per heavy atom. The van der Waals surface area contributed by atoms with E-state index in [1.54, 1.807) is 0 Å². The molecule has 0 unspecified atom stereocenters. The van der Waals surface area contributed by atoms with Crippen LogP contribution in [-0.2, 0) is 0 Å². The first kappa shape index (κ1) is 9.01. The number of hydrogen-bond donors (Lipinski definition) is 1. The van der Waals surface area contributed by atoms with Crippen LogP contribution in [0.25, 0.3) is 0 Å². The summed E-state index contributed by atoms with van der Waals surface area (Å²) in [5.41, 5.74) is 0. The van der Waals surface area contributed by atoms with Crippen molar-refractivity contribution in [2.75, 3.05) is 20.1 Å². The summed E-state index contributed by atoms with van der Waals surface area (Å²) in [4.78, 5) is 2.53. The topological polar surface area (TPSA) is 15.3 Å². The molecule has 2 heteroatoms. The van der Waals surface area contributed by atoms with Crippen LogP contribution in [-0.4, -0.2) is 37.1 Å². The summed E-state index contributed by atoms with van der Waals surface area (Å²) >= 11 is 0. The zero-order valence-electron chi connectivity index (χ0n) is 8.09. The van der Waals surface area contributed by atoms with Crippen LogP contribution in [0.15, 0.2) is 0 Å². The van der Waals surface area contributed by atoms with Gasteiger partial charge < -0.3 is 5.32 Å². The van der Waals surface area contributed by atoms with Gasteiger partial charge in [-0.2, -0.15) is 0 Å². The fourth-order valence-corrected chi connectivity index (χ4v) is 1.80. The third-order valence-corrected chi connectivity index (χ3v) is 2.74. The van der Waals surface area contributed by atoms with Crippen molar-refractivity contribution >= 4 is 0 Å². The summed E-state index contributed by atoms with van der Waals surface area (Å²) in [6.45, 7) is 9.33. The number of rotatable bonds is 2. The van der Waals surface area contributed by atoms with Crippen molar-refractivity contribution in [2.24, 2.45) is 5.92 Å². The second-order valence-electron chi connectivity index (χ2n) is 3.92. The van der Waals surface area contributed by atoms with E-state index in [1.165, 1.54) is 13.1 Å². The fraction of sp³-hybridized carbons (Fsp3) is 1.00. The van der Waals surface area contributed by atoms with Gasteiger partial charge in [0.2, 0.25) is 0 Å². The Bertz CT molecular complexity index is 123. The molecule has 0 spiro atoms. The van der Waals surface area contributed by atoms with E-state index in [9.17, 15) is 0 Å². The Morgan fingerprint density at radius 2 is 2.00 bits per heavy atom. The van der Waals surface area contributed by atoms with Crippen molar-refractivity contribution in [2.45, 2.75) is 32.9 Å². The average molecular weight is 156 g/mol. The summed E-state index contributed by atoms with van der Waals surface area (Å²) in [5.74, 6) is 0.808. The molecule has 66 valence electrons. The first-order chi connectivity index (χ1) is 5.15. The van der Waals surface area contributed by atoms with Gasteiger partial charge in [-0.3, -0.25) is 4.90 Å². The van der Waals surface area contributed by atoms with E-state index >= 15 is 0 Å². The lowest BCUT2D eigenvalue weighted by atomic mass is 10.1. The normalized spacial score (nSPS) is 33.5. The number of likely N-dealkylation sites (tertiary alicyclic amines) is 1. The molecule has 0 radical (unpaired) electrons. The van der Waals surface area contributed by atoms with E-state index in [0.29, 0.717) is 12.1 Å². The highest BCUT2D eigenvalue weighted by molar-refractivity contribution is 4.86. The van der Waals surface area contributed by atoms with Gasteiger partial charge in [-0.25, -0.2) is 0 Å². The highest BCUT2D eigenvalue weighted by Crippen LogP contribution is 2.17. The second kappa shape index (κ2) is 3.55. The number of nitrogens with one attached hydrogen (secondary N) is 1. The maximum Gasteiger partial charge on any atom is 0.0229 e. The van der Waals surface area contributed by atoms with E-state index in [-0.39, 0.29) is 0 Å². The van der Waals surface area contributed by atoms with Gasteiger partial charge in [-0.05, 0) is 26.8 Å². The quantitative estimate of drug-likeness (QED) is 0.640. The Kier molecular flexibility index (Phi) is 2.90. The highest BCUT2D eigenvalue weighted by Gasteiger charge is 2.29. The largest absolute Gasteiger partial charge is 0.315 e. The van der Waals surface area contributed by atoms with Crippen molar-refractivity contribution in [3.8, 4) is 0 Å². The van der Waals surface area contributed by atoms with Gasteiger partial charge in [0.1, 0.15) is 0 Å². The Morgan fingerprint density at radius 3 is 2.27 bits per heavy atom. The summed E-state index contributed by atoms with van der Waals surface area (Å²) < 4.78 is 0. The molecule has 11 heavy (non-hydrogen) atoms. The van der Waals surface area contributed by atoms with Crippen LogP contribution in [0, 0.1) is 5.92 Å². The first-order valence-corrected chi connectivity index (χ1v) is 4.56. The van der Waals surface area contributed by atoms with Crippen molar-refractivity contribution in [1.29, 1.82) is 0 Å². The van der Waals surface area contributed by atoms with Gasteiger partial charge in [0.25, 0.3) is 0 Å². The van der Waals surface area contributed by atoms with E-state index < -0.39 is 0 Å². The predicted molar refractivity (Wildman–Crippen MR) is 48.7 cm³/mol. The van der Waals surface area contributed by atoms with Gasteiger partial charge in [-0.15, -0.1) is 0 Å². The fourth-order valence-electron chi connectivity index (χ4n) is 1.80. The minimum absolute atomic E-state index is 0.704. The maximum absolute atomic E-state index is 3.36. The average Bonchev–Trinajstić information content (AvgIpc) is 2.31. The van der Waals surface area contributed by atoms with Crippen LogP contribution in [0.3, 0.4) is 0 Å². The maximum atomic E-state index is 3.36. The molecule has 1 saturated heterocycles. The van der Waals surface area contributed by atoms with Gasteiger partial charge in [0.05, 0.1) is 0 Å². The third-order valence-electron chi connectivity index (χ3n) is 2.74. The van der Waals surface area contributed by atoms with Crippen molar-refractivity contribution in [3.63, 3.8) is 0 Å². The molecule has 2 nitrogen and oxygen atoms in total. The third kappa shape index (κ3) is 1.94. The van der Waals surface area contributed by atoms with Gasteiger partial charge in [0, 0.05) is 25.2 Å². The molecule has 0 aromatic carbocycles. The monoisotopic (exact) mass is 156 g/mol. The smallest absolute Gasteiger partial charge is 0.0229 e. The molecule has 1 N–H and O–H groups in total. The zero-order chi connectivity index (χ0) is 8.43. The van der Waals surface area contributed by atoms with Gasteiger partial charge >= 0.3 is 0 Å². The molecular weight excluding hydrogens is 136 g/mol. The van der Waals surface area contributed by atoms with Crippen molar-refractivity contribution < 1.29 is 0 Å². The standard InChI is InChI=1S/C9H20N2/c1-7(2)11-5-8(3)9(6-11)10-4/h7-10H,5-6H2,1-4H3/t8-,9+/m1/s1. The van der Waals surface area contributed by atoms with E-state index in [0.717, 1.165) is 5.92 Å². The first-order valence-electron chi connectivity index (χ1n) is 4.56. The lowest BCUT2D eigenvalue weighted by Gasteiger charge is -2.19. The SMILES string of the molecule is CN[C@H]1CN(C(C)C)C[C@H]1C. The number of likely N-dealkylation sites (N-methyl/N-ethyl adjacent to an activating group) is 1. The molecule has 0 aromatic heterocycles. The molecule has 1 aliphatic rings. The summed E-state index contributed by atoms with van der Waals surface area (Å²) in [6, 6.07) is 1.41. The number of hydrogen-bond acceptors (Lipinski definition) is 2. The zero-order valence-corrected chi connectivity index (χ0v) is 8.09. The lowest BCUT2D eigenvalue weighted by molar-refractivity contribution is 0.265. The molecule has 0 aromatic rings. The molecule has 1 heterocycles. The molecule has 2 atom stereocenters. The Balaban J connectivity index is 2.43. The molecule has 1 fully saturated rings. The molecule has 0 amide bonds. The van der Waals surface area contributed by atoms with Gasteiger partial charge in [0.15, 0.2) is 0 Å². The highest BCUT2D eigenvalue weighted by atomic mass is 15.2. The Labute approximate surface area is 70.0 Å². The Hall–Kier alpha value is -0.0800. The number of nitrogens with zero attached hydrogens (tertiary/aromatic N) is 1. The molecule has 0 bridgehead atoms. The van der Waals surface area contributed by atoms with Crippen LogP contribution in [0.4, 0.5) is 0 Å². The predicted octanol–water partition coefficient (Wildman–Crippen LogP) is 0.934. The van der Waals surface area contributed by atoms with Crippen molar-refractivity contribution in [1.82, 2.24) is 10.2 Å². The molecule has 0 aliphatic carbocycles. The van der Waals surface area contributed by atoms with Crippen LogP contribution in [0.1, 0.15) is 20.8 Å². The summed E-state index contributed by atoms with van der Waals surface area (Å²) in [6.07, 6.45) is 0. The summed E-state index contributed by atoms with van der Waals surface area (Å²) in [5, 5.41) is 3.36. The second-order valence-corrected chi connectivity index (χ2v) is 3.92. The molecule has 0 saturated carbocycles.